The van der Waals surface area contributed by atoms with E-state index in [1.165, 1.54) is 16.9 Å². The van der Waals surface area contributed by atoms with Gasteiger partial charge in [0.1, 0.15) is 22.6 Å². The molecule has 28 heavy (non-hydrogen) atoms. The molecule has 0 aliphatic heterocycles. The van der Waals surface area contributed by atoms with Gasteiger partial charge in [-0.15, -0.1) is 16.4 Å². The number of benzene rings is 1. The summed E-state index contributed by atoms with van der Waals surface area (Å²) in [7, 11) is 1.66. The van der Waals surface area contributed by atoms with Crippen LogP contribution in [-0.2, 0) is 12.8 Å². The zero-order valence-electron chi connectivity index (χ0n) is 15.1. The maximum atomic E-state index is 5.31. The first-order chi connectivity index (χ1) is 13.8. The summed E-state index contributed by atoms with van der Waals surface area (Å²) >= 11 is 1.79. The molecule has 1 aliphatic carbocycles. The van der Waals surface area contributed by atoms with E-state index in [1.807, 2.05) is 30.3 Å². The summed E-state index contributed by atoms with van der Waals surface area (Å²) in [6.45, 7) is 0. The molecule has 1 aromatic carbocycles. The van der Waals surface area contributed by atoms with Gasteiger partial charge in [-0.3, -0.25) is 5.10 Å². The molecule has 0 bridgehead atoms. The number of hydrogen-bond donors (Lipinski definition) is 1. The number of ether oxygens (including phenoxy) is 1. The Balaban J connectivity index is 1.47. The van der Waals surface area contributed by atoms with Gasteiger partial charge < -0.3 is 4.74 Å². The number of thiophene rings is 1. The zero-order chi connectivity index (χ0) is 18.7. The Morgan fingerprint density at radius 2 is 2.18 bits per heavy atom. The van der Waals surface area contributed by atoms with Gasteiger partial charge in [0, 0.05) is 10.4 Å². The van der Waals surface area contributed by atoms with Crippen molar-refractivity contribution in [1.29, 1.82) is 0 Å². The Labute approximate surface area is 164 Å². The summed E-state index contributed by atoms with van der Waals surface area (Å²) in [4.78, 5) is 11.9. The monoisotopic (exact) mass is 388 g/mol. The van der Waals surface area contributed by atoms with Crippen molar-refractivity contribution in [2.45, 2.75) is 19.3 Å². The predicted octanol–water partition coefficient (Wildman–Crippen LogP) is 3.89. The van der Waals surface area contributed by atoms with Gasteiger partial charge in [-0.05, 0) is 43.0 Å². The fourth-order valence-corrected chi connectivity index (χ4v) is 5.10. The largest absolute Gasteiger partial charge is 0.497 e. The van der Waals surface area contributed by atoms with Crippen LogP contribution >= 0.6 is 11.3 Å². The first-order valence-corrected chi connectivity index (χ1v) is 9.97. The third-order valence-corrected chi connectivity index (χ3v) is 6.43. The predicted molar refractivity (Wildman–Crippen MR) is 108 cm³/mol. The molecule has 6 rings (SSSR count). The van der Waals surface area contributed by atoms with Crippen LogP contribution in [0.1, 0.15) is 16.9 Å². The van der Waals surface area contributed by atoms with Gasteiger partial charge in [0.25, 0.3) is 0 Å². The Hall–Kier alpha value is -3.26. The van der Waals surface area contributed by atoms with Crippen molar-refractivity contribution >= 4 is 27.2 Å². The Morgan fingerprint density at radius 1 is 1.21 bits per heavy atom. The fourth-order valence-electron chi connectivity index (χ4n) is 3.87. The molecule has 8 heteroatoms. The summed E-state index contributed by atoms with van der Waals surface area (Å²) in [5.74, 6) is 1.42. The lowest BCUT2D eigenvalue weighted by atomic mass is 10.1. The van der Waals surface area contributed by atoms with Gasteiger partial charge in [0.05, 0.1) is 18.2 Å². The minimum absolute atomic E-state index is 0.619. The van der Waals surface area contributed by atoms with Gasteiger partial charge in [-0.25, -0.2) is 14.5 Å². The van der Waals surface area contributed by atoms with Gasteiger partial charge >= 0.3 is 0 Å². The van der Waals surface area contributed by atoms with Crippen LogP contribution in [0.2, 0.25) is 0 Å². The minimum atomic E-state index is 0.619. The van der Waals surface area contributed by atoms with E-state index in [9.17, 15) is 0 Å². The molecule has 4 aromatic heterocycles. The highest BCUT2D eigenvalue weighted by Crippen LogP contribution is 2.38. The number of H-pyrrole nitrogens is 1. The molecule has 1 aliphatic rings. The Morgan fingerprint density at radius 3 is 3.11 bits per heavy atom. The summed E-state index contributed by atoms with van der Waals surface area (Å²) in [5.41, 5.74) is 4.86. The molecule has 0 unspecified atom stereocenters. The summed E-state index contributed by atoms with van der Waals surface area (Å²) in [5, 5.41) is 13.3. The highest BCUT2D eigenvalue weighted by molar-refractivity contribution is 7.19. The number of nitrogens with one attached hydrogen (secondary N) is 1. The second-order valence-corrected chi connectivity index (χ2v) is 7.97. The molecule has 0 fully saturated rings. The summed E-state index contributed by atoms with van der Waals surface area (Å²) in [6.07, 6.45) is 5.21. The van der Waals surface area contributed by atoms with E-state index in [4.69, 9.17) is 9.72 Å². The molecule has 0 saturated carbocycles. The van der Waals surface area contributed by atoms with Crippen molar-refractivity contribution in [1.82, 2.24) is 29.8 Å². The summed E-state index contributed by atoms with van der Waals surface area (Å²) < 4.78 is 7.08. The van der Waals surface area contributed by atoms with Gasteiger partial charge in [0.2, 0.25) is 0 Å². The fraction of sp³-hybridized carbons (Fsp3) is 0.200. The van der Waals surface area contributed by atoms with E-state index in [2.05, 4.69) is 20.3 Å². The molecule has 7 nitrogen and oxygen atoms in total. The number of aromatic amines is 1. The number of aryl methyl sites for hydroxylation is 2. The zero-order valence-corrected chi connectivity index (χ0v) is 16.0. The van der Waals surface area contributed by atoms with E-state index in [0.717, 1.165) is 51.4 Å². The normalized spacial score (nSPS) is 13.5. The van der Waals surface area contributed by atoms with Crippen LogP contribution in [0.4, 0.5) is 0 Å². The molecule has 0 spiro atoms. The number of methoxy groups -OCH3 is 1. The van der Waals surface area contributed by atoms with Crippen LogP contribution < -0.4 is 4.74 Å². The quantitative estimate of drug-likeness (QED) is 0.507. The first-order valence-electron chi connectivity index (χ1n) is 9.16. The lowest BCUT2D eigenvalue weighted by molar-refractivity contribution is 0.415. The standard InChI is InChI=1S/C20H16N6OS/c1-27-12-5-2-4-11(8-12)14-9-15(24-23-14)18-22-19-17-13-6-3-7-16(13)28-20(17)21-10-26(19)25-18/h2,4-5,8-10H,3,6-7H2,1H3,(H,23,24). The highest BCUT2D eigenvalue weighted by Gasteiger charge is 2.22. The number of nitrogens with zero attached hydrogens (tertiary/aromatic N) is 5. The van der Waals surface area contributed by atoms with Gasteiger partial charge in [-0.1, -0.05) is 12.1 Å². The second kappa shape index (κ2) is 5.87. The molecule has 0 atom stereocenters. The maximum Gasteiger partial charge on any atom is 0.200 e. The number of aromatic nitrogens is 6. The molecule has 138 valence electrons. The average Bonchev–Trinajstić information content (AvgIpc) is 3.48. The first kappa shape index (κ1) is 15.8. The molecule has 5 aromatic rings. The smallest absolute Gasteiger partial charge is 0.200 e. The van der Waals surface area contributed by atoms with E-state index in [1.54, 1.807) is 29.3 Å². The lowest BCUT2D eigenvalue weighted by Gasteiger charge is -2.00. The molecular weight excluding hydrogens is 372 g/mol. The van der Waals surface area contributed by atoms with Crippen molar-refractivity contribution in [3.8, 4) is 28.5 Å². The third kappa shape index (κ3) is 2.27. The van der Waals surface area contributed by atoms with Crippen LogP contribution in [0.25, 0.3) is 38.6 Å². The van der Waals surface area contributed by atoms with Crippen LogP contribution in [0, 0.1) is 0 Å². The van der Waals surface area contributed by atoms with Gasteiger partial charge in [-0.2, -0.15) is 5.10 Å². The van der Waals surface area contributed by atoms with Crippen molar-refractivity contribution < 1.29 is 4.74 Å². The second-order valence-electron chi connectivity index (χ2n) is 6.88. The van der Waals surface area contributed by atoms with Crippen molar-refractivity contribution in [2.75, 3.05) is 7.11 Å². The van der Waals surface area contributed by atoms with Crippen molar-refractivity contribution in [2.24, 2.45) is 0 Å². The Bertz CT molecular complexity index is 1350. The van der Waals surface area contributed by atoms with E-state index < -0.39 is 0 Å². The summed E-state index contributed by atoms with van der Waals surface area (Å²) in [6, 6.07) is 9.79. The topological polar surface area (TPSA) is 81.0 Å². The molecule has 0 saturated heterocycles. The third-order valence-electron chi connectivity index (χ3n) is 5.23. The van der Waals surface area contributed by atoms with E-state index in [-0.39, 0.29) is 0 Å². The Kier molecular flexibility index (Phi) is 3.30. The number of rotatable bonds is 3. The number of hydrogen-bond acceptors (Lipinski definition) is 6. The molecule has 0 amide bonds. The number of fused-ring (bicyclic) bond motifs is 5. The van der Waals surface area contributed by atoms with Crippen LogP contribution in [-0.4, -0.2) is 36.9 Å². The highest BCUT2D eigenvalue weighted by atomic mass is 32.1. The van der Waals surface area contributed by atoms with Crippen molar-refractivity contribution in [3.63, 3.8) is 0 Å². The molecule has 1 N–H and O–H groups in total. The SMILES string of the molecule is COc1cccc(-c2cc(-c3nc4c5c6c(sc5ncn4n3)CCC6)[nH]n2)c1. The van der Waals surface area contributed by atoms with E-state index in [0.29, 0.717) is 5.82 Å². The van der Waals surface area contributed by atoms with E-state index >= 15 is 0 Å². The van der Waals surface area contributed by atoms with Crippen LogP contribution in [0.5, 0.6) is 5.75 Å². The van der Waals surface area contributed by atoms with Crippen LogP contribution in [0.3, 0.4) is 0 Å². The average molecular weight is 388 g/mol. The van der Waals surface area contributed by atoms with Gasteiger partial charge in [0.15, 0.2) is 11.5 Å². The van der Waals surface area contributed by atoms with Crippen LogP contribution in [0.15, 0.2) is 36.7 Å². The molecule has 0 radical (unpaired) electrons. The maximum absolute atomic E-state index is 5.31. The molecule has 4 heterocycles. The molecular formula is C20H16N6OS. The lowest BCUT2D eigenvalue weighted by Crippen LogP contribution is -1.90. The van der Waals surface area contributed by atoms with Crippen molar-refractivity contribution in [3.05, 3.63) is 47.1 Å². The minimum Gasteiger partial charge on any atom is -0.497 e.